The second-order valence-electron chi connectivity index (χ2n) is 11.9. The Bertz CT molecular complexity index is 1340. The first-order valence-corrected chi connectivity index (χ1v) is 15.1. The van der Waals surface area contributed by atoms with Gasteiger partial charge in [0.05, 0.1) is 17.2 Å². The van der Waals surface area contributed by atoms with E-state index in [0.717, 1.165) is 30.7 Å². The molecule has 206 valence electrons. The summed E-state index contributed by atoms with van der Waals surface area (Å²) in [5.41, 5.74) is 2.36. The Hall–Kier alpha value is -2.49. The predicted octanol–water partition coefficient (Wildman–Crippen LogP) is 4.72. The number of ether oxygens (including phenoxy) is 2. The van der Waals surface area contributed by atoms with E-state index in [0.29, 0.717) is 44.2 Å². The van der Waals surface area contributed by atoms with Crippen LogP contribution in [0.2, 0.25) is 5.02 Å². The standard InChI is InChI=1S/C28H36ClN3O5S/c1-27(2,3)37-26(33)31-12-10-19(15-31)16-32-17-28(11-4-5-20-13-21(29)6-8-23(20)28)18-36-25-9-7-22(14-24(25)32)38(30,34)35/h6-9,13-14,19H,4-5,10-12,15-18H2,1-3H3,(H2,30,34,35)/t19?,28-/m0/s1. The Kier molecular flexibility index (Phi) is 7.07. The zero-order valence-electron chi connectivity index (χ0n) is 22.2. The lowest BCUT2D eigenvalue weighted by Crippen LogP contribution is -2.47. The molecule has 0 saturated carbocycles. The minimum absolute atomic E-state index is 0.0541. The van der Waals surface area contributed by atoms with Crippen LogP contribution in [-0.4, -0.2) is 57.8 Å². The molecule has 2 heterocycles. The number of hydrogen-bond acceptors (Lipinski definition) is 6. The molecule has 2 atom stereocenters. The number of halogens is 1. The molecule has 1 fully saturated rings. The summed E-state index contributed by atoms with van der Waals surface area (Å²) in [7, 11) is -3.89. The average molecular weight is 562 g/mol. The first kappa shape index (κ1) is 27.1. The lowest BCUT2D eigenvalue weighted by atomic mass is 9.70. The molecule has 2 N–H and O–H groups in total. The van der Waals surface area contributed by atoms with Crippen LogP contribution in [0.1, 0.15) is 51.2 Å². The number of carbonyl (C=O) groups is 1. The van der Waals surface area contributed by atoms with Gasteiger partial charge < -0.3 is 19.3 Å². The lowest BCUT2D eigenvalue weighted by Gasteiger charge is -2.41. The predicted molar refractivity (Wildman–Crippen MR) is 148 cm³/mol. The molecule has 1 spiro atoms. The Morgan fingerprint density at radius 1 is 1.24 bits per heavy atom. The van der Waals surface area contributed by atoms with Crippen molar-refractivity contribution in [2.75, 3.05) is 37.7 Å². The van der Waals surface area contributed by atoms with Crippen LogP contribution in [0.3, 0.4) is 0 Å². The number of likely N-dealkylation sites (tertiary alicyclic amines) is 1. The molecular formula is C28H36ClN3O5S. The molecule has 3 aliphatic rings. The van der Waals surface area contributed by atoms with E-state index in [1.807, 2.05) is 26.8 Å². The van der Waals surface area contributed by atoms with Crippen LogP contribution in [-0.2, 0) is 26.6 Å². The number of aryl methyl sites for hydroxylation is 1. The van der Waals surface area contributed by atoms with Crippen LogP contribution in [0, 0.1) is 5.92 Å². The van der Waals surface area contributed by atoms with E-state index in [2.05, 4.69) is 17.0 Å². The highest BCUT2D eigenvalue weighted by atomic mass is 35.5. The van der Waals surface area contributed by atoms with Gasteiger partial charge in [-0.05, 0) is 93.8 Å². The number of nitrogens with zero attached hydrogens (tertiary/aromatic N) is 2. The minimum Gasteiger partial charge on any atom is -0.490 e. The molecule has 5 rings (SSSR count). The Labute approximate surface area is 230 Å². The Morgan fingerprint density at radius 2 is 2.03 bits per heavy atom. The molecule has 1 saturated heterocycles. The van der Waals surface area contributed by atoms with Crippen LogP contribution in [0.25, 0.3) is 0 Å². The molecule has 1 unspecified atom stereocenters. The van der Waals surface area contributed by atoms with E-state index in [4.69, 9.17) is 26.2 Å². The molecule has 0 aromatic heterocycles. The first-order chi connectivity index (χ1) is 17.8. The number of carbonyl (C=O) groups excluding carboxylic acids is 1. The maximum absolute atomic E-state index is 12.7. The van der Waals surface area contributed by atoms with E-state index in [-0.39, 0.29) is 22.3 Å². The van der Waals surface area contributed by atoms with Gasteiger partial charge in [-0.25, -0.2) is 18.4 Å². The molecule has 2 aliphatic heterocycles. The molecule has 2 aromatic carbocycles. The van der Waals surface area contributed by atoms with Crippen LogP contribution < -0.4 is 14.8 Å². The van der Waals surface area contributed by atoms with Crippen LogP contribution >= 0.6 is 11.6 Å². The summed E-state index contributed by atoms with van der Waals surface area (Å²) in [4.78, 5) is 16.8. The van der Waals surface area contributed by atoms with Crippen molar-refractivity contribution < 1.29 is 22.7 Å². The number of nitrogens with two attached hydrogens (primary N) is 1. The highest BCUT2D eigenvalue weighted by molar-refractivity contribution is 7.89. The number of anilines is 1. The van der Waals surface area contributed by atoms with Gasteiger partial charge in [0.1, 0.15) is 11.4 Å². The van der Waals surface area contributed by atoms with Crippen molar-refractivity contribution in [2.24, 2.45) is 11.1 Å². The van der Waals surface area contributed by atoms with Gasteiger partial charge in [0, 0.05) is 36.6 Å². The number of amides is 1. The molecule has 10 heteroatoms. The van der Waals surface area contributed by atoms with Crippen LogP contribution in [0.4, 0.5) is 10.5 Å². The van der Waals surface area contributed by atoms with E-state index >= 15 is 0 Å². The second-order valence-corrected chi connectivity index (χ2v) is 13.9. The number of rotatable bonds is 3. The monoisotopic (exact) mass is 561 g/mol. The molecular weight excluding hydrogens is 526 g/mol. The third kappa shape index (κ3) is 5.60. The van der Waals surface area contributed by atoms with Crippen molar-refractivity contribution in [2.45, 2.75) is 62.4 Å². The summed E-state index contributed by atoms with van der Waals surface area (Å²) < 4.78 is 36.5. The first-order valence-electron chi connectivity index (χ1n) is 13.1. The van der Waals surface area contributed by atoms with Gasteiger partial charge in [-0.15, -0.1) is 0 Å². The summed E-state index contributed by atoms with van der Waals surface area (Å²) >= 11 is 6.34. The smallest absolute Gasteiger partial charge is 0.410 e. The third-order valence-corrected chi connectivity index (χ3v) is 8.90. The minimum atomic E-state index is -3.89. The molecule has 0 radical (unpaired) electrons. The number of primary sulfonamides is 1. The number of fused-ring (bicyclic) bond motifs is 3. The SMILES string of the molecule is CC(C)(C)OC(=O)N1CCC(CN2C[C@@]3(CCCc4cc(Cl)ccc43)COc3ccc(S(N)(=O)=O)cc32)C1. The van der Waals surface area contributed by atoms with Crippen LogP contribution in [0.15, 0.2) is 41.3 Å². The topological polar surface area (TPSA) is 102 Å². The molecule has 2 aromatic rings. The molecule has 8 nitrogen and oxygen atoms in total. The van der Waals surface area contributed by atoms with E-state index in [9.17, 15) is 13.2 Å². The van der Waals surface area contributed by atoms with E-state index in [1.165, 1.54) is 17.2 Å². The lowest BCUT2D eigenvalue weighted by molar-refractivity contribution is 0.0288. The zero-order chi connectivity index (χ0) is 27.3. The van der Waals surface area contributed by atoms with E-state index < -0.39 is 15.6 Å². The number of sulfonamides is 1. The van der Waals surface area contributed by atoms with Crippen LogP contribution in [0.5, 0.6) is 5.75 Å². The van der Waals surface area contributed by atoms with Gasteiger partial charge in [0.25, 0.3) is 0 Å². The van der Waals surface area contributed by atoms with Crippen molar-refractivity contribution in [3.63, 3.8) is 0 Å². The summed E-state index contributed by atoms with van der Waals surface area (Å²) in [5, 5.41) is 6.22. The van der Waals surface area contributed by atoms with Gasteiger partial charge in [-0.1, -0.05) is 17.7 Å². The number of benzene rings is 2. The fourth-order valence-corrected chi connectivity index (χ4v) is 6.78. The molecule has 0 bridgehead atoms. The van der Waals surface area contributed by atoms with Gasteiger partial charge in [0.15, 0.2) is 0 Å². The zero-order valence-corrected chi connectivity index (χ0v) is 23.8. The Morgan fingerprint density at radius 3 is 2.76 bits per heavy atom. The highest BCUT2D eigenvalue weighted by Crippen LogP contribution is 2.45. The van der Waals surface area contributed by atoms with E-state index in [1.54, 1.807) is 17.0 Å². The van der Waals surface area contributed by atoms with Gasteiger partial charge >= 0.3 is 6.09 Å². The molecule has 1 amide bonds. The third-order valence-electron chi connectivity index (χ3n) is 7.75. The normalized spacial score (nSPS) is 23.4. The Balaban J connectivity index is 1.48. The average Bonchev–Trinajstić information content (AvgIpc) is 3.23. The summed E-state index contributed by atoms with van der Waals surface area (Å²) in [6, 6.07) is 10.9. The maximum atomic E-state index is 12.7. The number of hydrogen-bond donors (Lipinski definition) is 1. The van der Waals surface area contributed by atoms with Gasteiger partial charge in [-0.2, -0.15) is 0 Å². The summed E-state index contributed by atoms with van der Waals surface area (Å²) in [6.45, 7) is 8.59. The van der Waals surface area contributed by atoms with Crippen molar-refractivity contribution in [3.8, 4) is 5.75 Å². The summed E-state index contributed by atoms with van der Waals surface area (Å²) in [5.74, 6) is 0.828. The van der Waals surface area contributed by atoms with Crippen molar-refractivity contribution in [3.05, 3.63) is 52.5 Å². The van der Waals surface area contributed by atoms with Gasteiger partial charge in [-0.3, -0.25) is 0 Å². The van der Waals surface area contributed by atoms with Crippen molar-refractivity contribution in [1.82, 2.24) is 4.90 Å². The molecule has 38 heavy (non-hydrogen) atoms. The second kappa shape index (κ2) is 9.92. The van der Waals surface area contributed by atoms with Gasteiger partial charge in [0.2, 0.25) is 10.0 Å². The maximum Gasteiger partial charge on any atom is 0.410 e. The fraction of sp³-hybridized carbons (Fsp3) is 0.536. The fourth-order valence-electron chi connectivity index (χ4n) is 6.06. The quantitative estimate of drug-likeness (QED) is 0.582. The largest absolute Gasteiger partial charge is 0.490 e. The molecule has 1 aliphatic carbocycles. The highest BCUT2D eigenvalue weighted by Gasteiger charge is 2.43. The van der Waals surface area contributed by atoms with Crippen molar-refractivity contribution in [1.29, 1.82) is 0 Å². The summed E-state index contributed by atoms with van der Waals surface area (Å²) in [6.07, 6.45) is 3.46. The van der Waals surface area contributed by atoms with Crippen molar-refractivity contribution >= 4 is 33.4 Å².